The summed E-state index contributed by atoms with van der Waals surface area (Å²) in [6.45, 7) is 2.17. The lowest BCUT2D eigenvalue weighted by Gasteiger charge is -1.95. The molecule has 7 heteroatoms. The number of nitrogen functional groups attached to an aromatic ring is 1. The molecule has 0 saturated heterocycles. The van der Waals surface area contributed by atoms with Crippen molar-refractivity contribution in [3.63, 3.8) is 0 Å². The van der Waals surface area contributed by atoms with Gasteiger partial charge >= 0.3 is 0 Å². The maximum Gasteiger partial charge on any atom is 0.181 e. The fraction of sp³-hybridized carbons (Fsp3) is 0.286. The Kier molecular flexibility index (Phi) is 4.02. The average Bonchev–Trinajstić information content (AvgIpc) is 2.47. The molecule has 1 aromatic rings. The first kappa shape index (κ1) is 11.1. The lowest BCUT2D eigenvalue weighted by molar-refractivity contribution is -0.102. The van der Waals surface area contributed by atoms with E-state index >= 15 is 0 Å². The molecule has 0 atom stereocenters. The highest BCUT2D eigenvalue weighted by atomic mass is 79.9. The average molecular weight is 278 g/mol. The van der Waals surface area contributed by atoms with Gasteiger partial charge in [-0.15, -0.1) is 0 Å². The Hall–Kier alpha value is -0.950. The molecule has 2 N–H and O–H groups in total. The lowest BCUT2D eigenvalue weighted by atomic mass is 10.3. The minimum Gasteiger partial charge on any atom is -0.395 e. The Morgan fingerprint density at radius 1 is 1.86 bits per heavy atom. The van der Waals surface area contributed by atoms with Crippen molar-refractivity contribution in [2.45, 2.75) is 6.92 Å². The van der Waals surface area contributed by atoms with Crippen LogP contribution < -0.4 is 5.73 Å². The number of halogens is 1. The molecule has 1 heterocycles. The standard InChI is InChI=1S/C7H8BrN3O2S/c1-2-13-11-4(3-12)5-6(8)14-7(9)10-5/h3H,2H2,1H3,(H2,9,10). The Morgan fingerprint density at radius 3 is 3.00 bits per heavy atom. The number of carbonyl (C=O) groups excluding carboxylic acids is 1. The molecule has 76 valence electrons. The summed E-state index contributed by atoms with van der Waals surface area (Å²) in [5, 5.41) is 3.99. The number of aldehydes is 1. The fourth-order valence-electron chi connectivity index (χ4n) is 0.730. The van der Waals surface area contributed by atoms with Gasteiger partial charge in [0.1, 0.15) is 16.1 Å². The second kappa shape index (κ2) is 5.06. The Labute approximate surface area is 93.1 Å². The van der Waals surface area contributed by atoms with Crippen molar-refractivity contribution in [1.82, 2.24) is 4.98 Å². The zero-order valence-electron chi connectivity index (χ0n) is 7.36. The molecule has 0 aliphatic carbocycles. The number of thiazole rings is 1. The van der Waals surface area contributed by atoms with Crippen molar-refractivity contribution in [1.29, 1.82) is 0 Å². The van der Waals surface area contributed by atoms with Crippen molar-refractivity contribution >= 4 is 44.4 Å². The van der Waals surface area contributed by atoms with Crippen LogP contribution in [-0.2, 0) is 9.63 Å². The number of aromatic nitrogens is 1. The molecule has 0 spiro atoms. The molecule has 0 bridgehead atoms. The Bertz CT molecular complexity index is 364. The van der Waals surface area contributed by atoms with Crippen LogP contribution in [0.1, 0.15) is 12.6 Å². The van der Waals surface area contributed by atoms with E-state index in [1.165, 1.54) is 11.3 Å². The van der Waals surface area contributed by atoms with Crippen molar-refractivity contribution in [3.05, 3.63) is 9.48 Å². The van der Waals surface area contributed by atoms with Crippen LogP contribution in [-0.4, -0.2) is 23.6 Å². The number of nitrogens with two attached hydrogens (primary N) is 1. The molecule has 1 aromatic heterocycles. The van der Waals surface area contributed by atoms with Gasteiger partial charge in [0, 0.05) is 0 Å². The minimum absolute atomic E-state index is 0.131. The van der Waals surface area contributed by atoms with E-state index in [9.17, 15) is 4.79 Å². The first-order valence-corrected chi connectivity index (χ1v) is 5.37. The van der Waals surface area contributed by atoms with Crippen LogP contribution in [0.5, 0.6) is 0 Å². The molecule has 0 amide bonds. The van der Waals surface area contributed by atoms with Gasteiger partial charge in [-0.2, -0.15) is 0 Å². The van der Waals surface area contributed by atoms with Crippen molar-refractivity contribution in [2.24, 2.45) is 5.16 Å². The van der Waals surface area contributed by atoms with Crippen LogP contribution in [0, 0.1) is 0 Å². The lowest BCUT2D eigenvalue weighted by Crippen LogP contribution is -2.05. The summed E-state index contributed by atoms with van der Waals surface area (Å²) >= 11 is 4.47. The molecule has 5 nitrogen and oxygen atoms in total. The maximum atomic E-state index is 10.7. The highest BCUT2D eigenvalue weighted by molar-refractivity contribution is 9.11. The predicted molar refractivity (Wildman–Crippen MR) is 58.5 cm³/mol. The van der Waals surface area contributed by atoms with Gasteiger partial charge < -0.3 is 10.6 Å². The molecule has 0 aliphatic rings. The zero-order valence-corrected chi connectivity index (χ0v) is 9.76. The largest absolute Gasteiger partial charge is 0.395 e. The van der Waals surface area contributed by atoms with Crippen LogP contribution >= 0.6 is 27.3 Å². The second-order valence-corrected chi connectivity index (χ2v) is 4.54. The quantitative estimate of drug-likeness (QED) is 0.513. The summed E-state index contributed by atoms with van der Waals surface area (Å²) in [6.07, 6.45) is 0.578. The van der Waals surface area contributed by atoms with Gasteiger partial charge in [0.25, 0.3) is 0 Å². The predicted octanol–water partition coefficient (Wildman–Crippen LogP) is 1.43. The molecule has 0 aliphatic heterocycles. The van der Waals surface area contributed by atoms with E-state index in [2.05, 4.69) is 26.1 Å². The molecule has 0 fully saturated rings. The van der Waals surface area contributed by atoms with Gasteiger partial charge in [0.2, 0.25) is 0 Å². The summed E-state index contributed by atoms with van der Waals surface area (Å²) in [5.41, 5.74) is 6.01. The van der Waals surface area contributed by atoms with Crippen LogP contribution in [0.3, 0.4) is 0 Å². The monoisotopic (exact) mass is 277 g/mol. The molecule has 0 saturated carbocycles. The second-order valence-electron chi connectivity index (χ2n) is 2.19. The van der Waals surface area contributed by atoms with E-state index in [4.69, 9.17) is 10.6 Å². The van der Waals surface area contributed by atoms with E-state index < -0.39 is 0 Å². The zero-order chi connectivity index (χ0) is 10.6. The van der Waals surface area contributed by atoms with Crippen LogP contribution in [0.25, 0.3) is 0 Å². The van der Waals surface area contributed by atoms with Gasteiger partial charge in [-0.1, -0.05) is 16.5 Å². The maximum absolute atomic E-state index is 10.7. The highest BCUT2D eigenvalue weighted by Crippen LogP contribution is 2.26. The number of anilines is 1. The number of carbonyl (C=O) groups is 1. The molecule has 14 heavy (non-hydrogen) atoms. The van der Waals surface area contributed by atoms with E-state index in [0.29, 0.717) is 27.5 Å². The number of nitrogens with zero attached hydrogens (tertiary/aromatic N) is 2. The molecule has 0 aromatic carbocycles. The molecule has 0 radical (unpaired) electrons. The summed E-state index contributed by atoms with van der Waals surface area (Å²) < 4.78 is 0.667. The summed E-state index contributed by atoms with van der Waals surface area (Å²) in [5.74, 6) is 0. The van der Waals surface area contributed by atoms with Crippen molar-refractivity contribution in [3.8, 4) is 0 Å². The highest BCUT2D eigenvalue weighted by Gasteiger charge is 2.13. The first-order chi connectivity index (χ1) is 6.69. The third-order valence-corrected chi connectivity index (χ3v) is 2.78. The van der Waals surface area contributed by atoms with Crippen LogP contribution in [0.15, 0.2) is 8.94 Å². The van der Waals surface area contributed by atoms with Gasteiger partial charge in [-0.05, 0) is 22.9 Å². The summed E-state index contributed by atoms with van der Waals surface area (Å²) in [7, 11) is 0. The fourth-order valence-corrected chi connectivity index (χ4v) is 2.09. The Morgan fingerprint density at radius 2 is 2.57 bits per heavy atom. The van der Waals surface area contributed by atoms with E-state index in [0.717, 1.165) is 0 Å². The third-order valence-electron chi connectivity index (χ3n) is 1.25. The van der Waals surface area contributed by atoms with Crippen LogP contribution in [0.2, 0.25) is 0 Å². The van der Waals surface area contributed by atoms with Crippen molar-refractivity contribution in [2.75, 3.05) is 12.3 Å². The van der Waals surface area contributed by atoms with Gasteiger partial charge in [-0.3, -0.25) is 4.79 Å². The number of hydrogen-bond donors (Lipinski definition) is 1. The number of hydrogen-bond acceptors (Lipinski definition) is 6. The SMILES string of the molecule is CCON=C(C=O)c1nc(N)sc1Br. The van der Waals surface area contributed by atoms with Gasteiger partial charge in [-0.25, -0.2) is 4.98 Å². The third kappa shape index (κ3) is 2.52. The Balaban J connectivity index is 3.00. The number of oxime groups is 1. The van der Waals surface area contributed by atoms with Gasteiger partial charge in [0.15, 0.2) is 17.1 Å². The van der Waals surface area contributed by atoms with E-state index in [1.807, 2.05) is 0 Å². The first-order valence-electron chi connectivity index (χ1n) is 3.76. The summed E-state index contributed by atoms with van der Waals surface area (Å²) in [4.78, 5) is 19.4. The van der Waals surface area contributed by atoms with Crippen LogP contribution in [0.4, 0.5) is 5.13 Å². The van der Waals surface area contributed by atoms with E-state index in [-0.39, 0.29) is 5.71 Å². The van der Waals surface area contributed by atoms with Crippen molar-refractivity contribution < 1.29 is 9.63 Å². The molecule has 1 rings (SSSR count). The molecule has 0 unspecified atom stereocenters. The smallest absolute Gasteiger partial charge is 0.181 e. The minimum atomic E-state index is 0.131. The van der Waals surface area contributed by atoms with Gasteiger partial charge in [0.05, 0.1) is 0 Å². The molecular formula is C7H8BrN3O2S. The molecular weight excluding hydrogens is 270 g/mol. The summed E-state index contributed by atoms with van der Waals surface area (Å²) in [6, 6.07) is 0. The number of rotatable bonds is 4. The van der Waals surface area contributed by atoms with E-state index in [1.54, 1.807) is 6.92 Å². The topological polar surface area (TPSA) is 77.6 Å². The normalized spacial score (nSPS) is 11.4.